The van der Waals surface area contributed by atoms with Gasteiger partial charge in [0.2, 0.25) is 0 Å². The monoisotopic (exact) mass is 412 g/mol. The van der Waals surface area contributed by atoms with Gasteiger partial charge in [-0.25, -0.2) is 0 Å². The standard InChI is InChI=1S/C16H14BrClN2O4/c1-23-13-7-9(6-12(18)15(13)24-8-14(19)21)16(22)20-11-4-2-10(17)3-5-11/h2-7H,8H2,1H3,(H2,19,21)(H,20,22). The highest BCUT2D eigenvalue weighted by molar-refractivity contribution is 9.10. The van der Waals surface area contributed by atoms with Crippen LogP contribution in [0.25, 0.3) is 0 Å². The number of ether oxygens (including phenoxy) is 2. The van der Waals surface area contributed by atoms with Crippen molar-refractivity contribution in [2.24, 2.45) is 5.73 Å². The van der Waals surface area contributed by atoms with Crippen molar-refractivity contribution in [2.75, 3.05) is 19.0 Å². The number of primary amides is 1. The van der Waals surface area contributed by atoms with Crippen LogP contribution in [0.3, 0.4) is 0 Å². The third-order valence-electron chi connectivity index (χ3n) is 2.95. The number of hydrogen-bond donors (Lipinski definition) is 2. The molecule has 2 amide bonds. The first-order chi connectivity index (χ1) is 11.4. The van der Waals surface area contributed by atoms with Crippen molar-refractivity contribution in [1.29, 1.82) is 0 Å². The molecule has 24 heavy (non-hydrogen) atoms. The molecule has 0 aromatic heterocycles. The number of nitrogens with two attached hydrogens (primary N) is 1. The van der Waals surface area contributed by atoms with Crippen molar-refractivity contribution in [3.8, 4) is 11.5 Å². The first-order valence-electron chi connectivity index (χ1n) is 6.76. The van der Waals surface area contributed by atoms with Gasteiger partial charge < -0.3 is 20.5 Å². The molecule has 0 saturated heterocycles. The average Bonchev–Trinajstić information content (AvgIpc) is 2.54. The zero-order valence-corrected chi connectivity index (χ0v) is 15.0. The van der Waals surface area contributed by atoms with Gasteiger partial charge in [0.25, 0.3) is 11.8 Å². The minimum Gasteiger partial charge on any atom is -0.493 e. The number of anilines is 1. The number of rotatable bonds is 6. The summed E-state index contributed by atoms with van der Waals surface area (Å²) in [7, 11) is 1.40. The van der Waals surface area contributed by atoms with Gasteiger partial charge in [-0.3, -0.25) is 9.59 Å². The third-order valence-corrected chi connectivity index (χ3v) is 3.76. The number of methoxy groups -OCH3 is 1. The van der Waals surface area contributed by atoms with Gasteiger partial charge in [-0.1, -0.05) is 27.5 Å². The number of hydrogen-bond acceptors (Lipinski definition) is 4. The summed E-state index contributed by atoms with van der Waals surface area (Å²) in [5.41, 5.74) is 5.96. The summed E-state index contributed by atoms with van der Waals surface area (Å²) >= 11 is 9.45. The van der Waals surface area contributed by atoms with E-state index >= 15 is 0 Å². The van der Waals surface area contributed by atoms with E-state index in [-0.39, 0.29) is 34.6 Å². The van der Waals surface area contributed by atoms with Crippen LogP contribution in [0.1, 0.15) is 10.4 Å². The van der Waals surface area contributed by atoms with E-state index in [0.717, 1.165) is 4.47 Å². The molecule has 3 N–H and O–H groups in total. The van der Waals surface area contributed by atoms with Gasteiger partial charge in [-0.15, -0.1) is 0 Å². The molecule has 0 aliphatic carbocycles. The van der Waals surface area contributed by atoms with E-state index in [9.17, 15) is 9.59 Å². The lowest BCUT2D eigenvalue weighted by atomic mass is 10.1. The Balaban J connectivity index is 2.23. The molecule has 0 atom stereocenters. The van der Waals surface area contributed by atoms with Crippen molar-refractivity contribution < 1.29 is 19.1 Å². The Hall–Kier alpha value is -2.25. The zero-order chi connectivity index (χ0) is 17.7. The van der Waals surface area contributed by atoms with Gasteiger partial charge in [-0.2, -0.15) is 0 Å². The number of halogens is 2. The van der Waals surface area contributed by atoms with Crippen molar-refractivity contribution in [3.05, 3.63) is 51.5 Å². The number of nitrogens with one attached hydrogen (secondary N) is 1. The summed E-state index contributed by atoms with van der Waals surface area (Å²) in [5.74, 6) is -0.632. The molecule has 0 heterocycles. The minimum absolute atomic E-state index is 0.136. The van der Waals surface area contributed by atoms with Gasteiger partial charge in [0, 0.05) is 15.7 Å². The molecule has 2 aromatic carbocycles. The van der Waals surface area contributed by atoms with E-state index in [1.807, 2.05) is 12.1 Å². The van der Waals surface area contributed by atoms with Gasteiger partial charge in [0.1, 0.15) is 0 Å². The van der Waals surface area contributed by atoms with E-state index in [1.54, 1.807) is 12.1 Å². The molecule has 0 unspecified atom stereocenters. The van der Waals surface area contributed by atoms with Crippen LogP contribution in [-0.4, -0.2) is 25.5 Å². The summed E-state index contributed by atoms with van der Waals surface area (Å²) in [6, 6.07) is 10.0. The maximum absolute atomic E-state index is 12.3. The average molecular weight is 414 g/mol. The molecule has 8 heteroatoms. The molecular weight excluding hydrogens is 400 g/mol. The smallest absolute Gasteiger partial charge is 0.255 e. The van der Waals surface area contributed by atoms with Crippen LogP contribution in [0.2, 0.25) is 5.02 Å². The lowest BCUT2D eigenvalue weighted by Gasteiger charge is -2.13. The molecule has 0 bridgehead atoms. The second-order valence-electron chi connectivity index (χ2n) is 4.71. The quantitative estimate of drug-likeness (QED) is 0.761. The normalized spacial score (nSPS) is 10.1. The Morgan fingerprint density at radius 1 is 1.25 bits per heavy atom. The van der Waals surface area contributed by atoms with Crippen LogP contribution >= 0.6 is 27.5 Å². The lowest BCUT2D eigenvalue weighted by molar-refractivity contribution is -0.119. The number of carbonyl (C=O) groups is 2. The molecule has 0 spiro atoms. The van der Waals surface area contributed by atoms with Gasteiger partial charge in [-0.05, 0) is 36.4 Å². The number of amides is 2. The van der Waals surface area contributed by atoms with Crippen LogP contribution in [0.5, 0.6) is 11.5 Å². The minimum atomic E-state index is -0.648. The van der Waals surface area contributed by atoms with Gasteiger partial charge >= 0.3 is 0 Å². The van der Waals surface area contributed by atoms with E-state index in [4.69, 9.17) is 26.8 Å². The largest absolute Gasteiger partial charge is 0.493 e. The van der Waals surface area contributed by atoms with E-state index in [2.05, 4.69) is 21.2 Å². The van der Waals surface area contributed by atoms with Crippen molar-refractivity contribution in [2.45, 2.75) is 0 Å². The number of carbonyl (C=O) groups excluding carboxylic acids is 2. The molecule has 0 saturated carbocycles. The highest BCUT2D eigenvalue weighted by Crippen LogP contribution is 2.36. The molecule has 6 nitrogen and oxygen atoms in total. The van der Waals surface area contributed by atoms with Crippen LogP contribution in [0.4, 0.5) is 5.69 Å². The fraction of sp³-hybridized carbons (Fsp3) is 0.125. The predicted molar refractivity (Wildman–Crippen MR) is 94.8 cm³/mol. The summed E-state index contributed by atoms with van der Waals surface area (Å²) in [4.78, 5) is 23.2. The van der Waals surface area contributed by atoms with Gasteiger partial charge in [0.05, 0.1) is 12.1 Å². The predicted octanol–water partition coefficient (Wildman–Crippen LogP) is 3.23. The molecule has 0 fully saturated rings. The first kappa shape index (κ1) is 18.1. The topological polar surface area (TPSA) is 90.7 Å². The second-order valence-corrected chi connectivity index (χ2v) is 6.03. The molecular formula is C16H14BrClN2O4. The Kier molecular flexibility index (Phi) is 6.05. The van der Waals surface area contributed by atoms with Crippen molar-refractivity contribution in [1.82, 2.24) is 0 Å². The SMILES string of the molecule is COc1cc(C(=O)Nc2ccc(Br)cc2)cc(Cl)c1OCC(N)=O. The van der Waals surface area contributed by atoms with Crippen LogP contribution in [0.15, 0.2) is 40.9 Å². The van der Waals surface area contributed by atoms with Crippen LogP contribution in [-0.2, 0) is 4.79 Å². The fourth-order valence-corrected chi connectivity index (χ4v) is 2.40. The zero-order valence-electron chi connectivity index (χ0n) is 12.6. The third kappa shape index (κ3) is 4.62. The summed E-state index contributed by atoms with van der Waals surface area (Å²) < 4.78 is 11.3. The molecule has 0 radical (unpaired) electrons. The summed E-state index contributed by atoms with van der Waals surface area (Å²) in [6.45, 7) is -0.347. The maximum atomic E-state index is 12.3. The Morgan fingerprint density at radius 2 is 1.92 bits per heavy atom. The molecule has 126 valence electrons. The highest BCUT2D eigenvalue weighted by atomic mass is 79.9. The van der Waals surface area contributed by atoms with Crippen LogP contribution < -0.4 is 20.5 Å². The van der Waals surface area contributed by atoms with E-state index in [1.165, 1.54) is 19.2 Å². The highest BCUT2D eigenvalue weighted by Gasteiger charge is 2.16. The first-order valence-corrected chi connectivity index (χ1v) is 7.93. The Labute approximate surface area is 152 Å². The van der Waals surface area contributed by atoms with Crippen molar-refractivity contribution in [3.63, 3.8) is 0 Å². The van der Waals surface area contributed by atoms with E-state index in [0.29, 0.717) is 5.69 Å². The van der Waals surface area contributed by atoms with E-state index < -0.39 is 5.91 Å². The molecule has 0 aliphatic rings. The van der Waals surface area contributed by atoms with Crippen molar-refractivity contribution >= 4 is 45.0 Å². The lowest BCUT2D eigenvalue weighted by Crippen LogP contribution is -2.20. The maximum Gasteiger partial charge on any atom is 0.255 e. The molecule has 2 rings (SSSR count). The summed E-state index contributed by atoms with van der Waals surface area (Å²) in [6.07, 6.45) is 0. The molecule has 0 aliphatic heterocycles. The Bertz CT molecular complexity index is 765. The molecule has 2 aromatic rings. The summed E-state index contributed by atoms with van der Waals surface area (Å²) in [5, 5.41) is 2.88. The fourth-order valence-electron chi connectivity index (χ4n) is 1.87. The number of benzene rings is 2. The Morgan fingerprint density at radius 3 is 2.50 bits per heavy atom. The second kappa shape index (κ2) is 8.03. The van der Waals surface area contributed by atoms with Crippen LogP contribution in [0, 0.1) is 0 Å². The van der Waals surface area contributed by atoms with Gasteiger partial charge in [0.15, 0.2) is 18.1 Å².